The molecule has 1 amide bonds. The van der Waals surface area contributed by atoms with E-state index in [2.05, 4.69) is 12.2 Å². The van der Waals surface area contributed by atoms with Crippen molar-refractivity contribution in [1.29, 1.82) is 0 Å². The fourth-order valence-corrected chi connectivity index (χ4v) is 2.76. The Morgan fingerprint density at radius 1 is 1.29 bits per heavy atom. The van der Waals surface area contributed by atoms with Gasteiger partial charge in [-0.05, 0) is 42.3 Å². The van der Waals surface area contributed by atoms with Crippen LogP contribution in [0.2, 0.25) is 0 Å². The van der Waals surface area contributed by atoms with Gasteiger partial charge in [0.25, 0.3) is 5.03 Å². The normalized spacial score (nSPS) is 10.4. The van der Waals surface area contributed by atoms with Crippen LogP contribution in [0.25, 0.3) is 0 Å². The fourth-order valence-electron chi connectivity index (χ4n) is 2.04. The van der Waals surface area contributed by atoms with Crippen LogP contribution < -0.4 is 10.0 Å². The zero-order chi connectivity index (χ0) is 15.2. The number of aryl methyl sites for hydroxylation is 2. The summed E-state index contributed by atoms with van der Waals surface area (Å²) < 4.78 is 0.767. The number of pyridine rings is 1. The molecule has 0 radical (unpaired) electrons. The molecule has 5 heteroatoms. The summed E-state index contributed by atoms with van der Waals surface area (Å²) in [4.78, 5) is 12.1. The highest BCUT2D eigenvalue weighted by Gasteiger charge is 2.11. The number of carbonyl (C=O) groups is 1. The van der Waals surface area contributed by atoms with E-state index in [4.69, 9.17) is 0 Å². The Morgan fingerprint density at radius 3 is 2.81 bits per heavy atom. The Kier molecular flexibility index (Phi) is 5.22. The molecule has 0 fully saturated rings. The van der Waals surface area contributed by atoms with Crippen LogP contribution in [0.5, 0.6) is 0 Å². The average molecular weight is 302 g/mol. The summed E-state index contributed by atoms with van der Waals surface area (Å²) in [6, 6.07) is 11.1. The molecule has 0 aliphatic heterocycles. The van der Waals surface area contributed by atoms with Gasteiger partial charge >= 0.3 is 0 Å². The van der Waals surface area contributed by atoms with Crippen LogP contribution in [-0.4, -0.2) is 11.7 Å². The number of benzene rings is 1. The number of anilines is 1. The molecule has 1 aromatic heterocycles. The lowest BCUT2D eigenvalue weighted by molar-refractivity contribution is -0.645. The molecule has 21 heavy (non-hydrogen) atoms. The number of para-hydroxylation sites is 1. The van der Waals surface area contributed by atoms with E-state index in [-0.39, 0.29) is 11.7 Å². The molecular weight excluding hydrogens is 284 g/mol. The highest BCUT2D eigenvalue weighted by atomic mass is 32.2. The summed E-state index contributed by atoms with van der Waals surface area (Å²) in [6.45, 7) is 4.04. The summed E-state index contributed by atoms with van der Waals surface area (Å²) >= 11 is 1.23. The molecule has 0 saturated heterocycles. The van der Waals surface area contributed by atoms with Crippen molar-refractivity contribution in [3.8, 4) is 0 Å². The third-order valence-corrected chi connectivity index (χ3v) is 4.16. The van der Waals surface area contributed by atoms with Crippen LogP contribution in [-0.2, 0) is 11.2 Å². The molecule has 0 saturated carbocycles. The van der Waals surface area contributed by atoms with E-state index in [1.807, 2.05) is 25.1 Å². The minimum Gasteiger partial charge on any atom is -0.618 e. The number of thioether (sulfide) groups is 1. The van der Waals surface area contributed by atoms with Gasteiger partial charge in [-0.3, -0.25) is 4.79 Å². The van der Waals surface area contributed by atoms with Gasteiger partial charge in [0.2, 0.25) is 5.91 Å². The molecular formula is C16H18N2O2S. The quantitative estimate of drug-likeness (QED) is 0.525. The first-order valence-electron chi connectivity index (χ1n) is 6.81. The number of hydrogen-bond acceptors (Lipinski definition) is 3. The molecule has 1 heterocycles. The summed E-state index contributed by atoms with van der Waals surface area (Å²) in [5.74, 6) is 0.108. The molecule has 1 N–H and O–H groups in total. The Balaban J connectivity index is 2.01. The van der Waals surface area contributed by atoms with Crippen molar-refractivity contribution < 1.29 is 9.52 Å². The van der Waals surface area contributed by atoms with Crippen LogP contribution in [0.1, 0.15) is 18.1 Å². The van der Waals surface area contributed by atoms with Gasteiger partial charge in [0.05, 0.1) is 5.75 Å². The molecule has 0 atom stereocenters. The number of amides is 1. The Morgan fingerprint density at radius 2 is 2.10 bits per heavy atom. The monoisotopic (exact) mass is 302 g/mol. The molecule has 1 aromatic carbocycles. The van der Waals surface area contributed by atoms with Crippen molar-refractivity contribution in [2.75, 3.05) is 11.1 Å². The molecule has 0 bridgehead atoms. The van der Waals surface area contributed by atoms with Gasteiger partial charge in [-0.25, -0.2) is 0 Å². The van der Waals surface area contributed by atoms with Crippen molar-refractivity contribution in [2.24, 2.45) is 0 Å². The minimum absolute atomic E-state index is 0.104. The molecule has 0 aliphatic carbocycles. The molecule has 4 nitrogen and oxygen atoms in total. The third-order valence-electron chi connectivity index (χ3n) is 3.14. The highest BCUT2D eigenvalue weighted by Crippen LogP contribution is 2.22. The van der Waals surface area contributed by atoms with E-state index in [1.165, 1.54) is 18.0 Å². The van der Waals surface area contributed by atoms with Crippen molar-refractivity contribution in [2.45, 2.75) is 25.3 Å². The second kappa shape index (κ2) is 7.13. The third kappa shape index (κ3) is 3.98. The van der Waals surface area contributed by atoms with Gasteiger partial charge in [-0.15, -0.1) is 0 Å². The zero-order valence-electron chi connectivity index (χ0n) is 12.1. The summed E-state index contributed by atoms with van der Waals surface area (Å²) in [5, 5.41) is 15.0. The van der Waals surface area contributed by atoms with Gasteiger partial charge in [-0.1, -0.05) is 25.1 Å². The number of rotatable bonds is 5. The van der Waals surface area contributed by atoms with Gasteiger partial charge in [0.15, 0.2) is 6.20 Å². The van der Waals surface area contributed by atoms with Crippen molar-refractivity contribution >= 4 is 23.4 Å². The van der Waals surface area contributed by atoms with Gasteiger partial charge in [-0.2, -0.15) is 4.73 Å². The molecule has 2 rings (SSSR count). The topological polar surface area (TPSA) is 56.0 Å². The molecule has 110 valence electrons. The smallest absolute Gasteiger partial charge is 0.251 e. The van der Waals surface area contributed by atoms with E-state index >= 15 is 0 Å². The van der Waals surface area contributed by atoms with Crippen molar-refractivity contribution in [3.63, 3.8) is 0 Å². The van der Waals surface area contributed by atoms with Crippen LogP contribution in [0, 0.1) is 12.1 Å². The first kappa shape index (κ1) is 15.4. The number of nitrogens with one attached hydrogen (secondary N) is 1. The second-order valence-corrected chi connectivity index (χ2v) is 5.66. The van der Waals surface area contributed by atoms with E-state index in [9.17, 15) is 10.0 Å². The molecule has 2 aromatic rings. The Labute approximate surface area is 128 Å². The zero-order valence-corrected chi connectivity index (χ0v) is 12.9. The summed E-state index contributed by atoms with van der Waals surface area (Å²) in [6.07, 6.45) is 2.29. The lowest BCUT2D eigenvalue weighted by Gasteiger charge is -2.12. The Bertz CT molecular complexity index is 644. The summed E-state index contributed by atoms with van der Waals surface area (Å²) in [5.41, 5.74) is 3.05. The van der Waals surface area contributed by atoms with E-state index in [0.29, 0.717) is 5.03 Å². The van der Waals surface area contributed by atoms with Crippen LogP contribution in [0.4, 0.5) is 5.69 Å². The lowest BCUT2D eigenvalue weighted by atomic mass is 10.1. The van der Waals surface area contributed by atoms with E-state index in [0.717, 1.165) is 28.0 Å². The number of nitrogens with zero attached hydrogens (tertiary/aromatic N) is 1. The number of hydrogen-bond donors (Lipinski definition) is 1. The van der Waals surface area contributed by atoms with E-state index in [1.54, 1.807) is 18.2 Å². The molecule has 0 aliphatic rings. The fraction of sp³-hybridized carbons (Fsp3) is 0.250. The maximum absolute atomic E-state index is 12.1. The predicted octanol–water partition coefficient (Wildman–Crippen LogP) is 2.92. The van der Waals surface area contributed by atoms with Gasteiger partial charge in [0, 0.05) is 17.8 Å². The number of aromatic nitrogens is 1. The first-order valence-corrected chi connectivity index (χ1v) is 7.79. The molecule has 0 spiro atoms. The molecule has 0 unspecified atom stereocenters. The van der Waals surface area contributed by atoms with Crippen LogP contribution in [0.3, 0.4) is 0 Å². The van der Waals surface area contributed by atoms with Crippen molar-refractivity contribution in [1.82, 2.24) is 0 Å². The maximum Gasteiger partial charge on any atom is 0.251 e. The van der Waals surface area contributed by atoms with Crippen LogP contribution in [0.15, 0.2) is 47.6 Å². The standard InChI is InChI=1S/C16H18N2O2S/c1-3-13-8-6-7-12(2)16(13)17-14(19)11-21-15-9-4-5-10-18(15)20/h4-10H,3,11H2,1-2H3,(H,17,19). The predicted molar refractivity (Wildman–Crippen MR) is 85.3 cm³/mol. The second-order valence-electron chi connectivity index (χ2n) is 4.66. The van der Waals surface area contributed by atoms with Gasteiger partial charge in [0.1, 0.15) is 0 Å². The maximum atomic E-state index is 12.1. The minimum atomic E-state index is -0.104. The lowest BCUT2D eigenvalue weighted by Crippen LogP contribution is -2.28. The van der Waals surface area contributed by atoms with E-state index < -0.39 is 0 Å². The number of carbonyl (C=O) groups excluding carboxylic acids is 1. The Hall–Kier alpha value is -2.01. The van der Waals surface area contributed by atoms with Gasteiger partial charge < -0.3 is 10.5 Å². The average Bonchev–Trinajstić information content (AvgIpc) is 2.48. The first-order chi connectivity index (χ1) is 10.1. The summed E-state index contributed by atoms with van der Waals surface area (Å²) in [7, 11) is 0. The SMILES string of the molecule is CCc1cccc(C)c1NC(=O)CSc1cccc[n+]1[O-]. The largest absolute Gasteiger partial charge is 0.618 e. The van der Waals surface area contributed by atoms with Crippen LogP contribution >= 0.6 is 11.8 Å². The highest BCUT2D eigenvalue weighted by molar-refractivity contribution is 7.99. The van der Waals surface area contributed by atoms with Crippen molar-refractivity contribution in [3.05, 3.63) is 58.9 Å².